The fourth-order valence-electron chi connectivity index (χ4n) is 2.41. The van der Waals surface area contributed by atoms with Crippen LogP contribution in [0.1, 0.15) is 31.0 Å². The smallest absolute Gasteiger partial charge is 0.0429 e. The van der Waals surface area contributed by atoms with Crippen LogP contribution in [0.4, 0.5) is 5.69 Å². The van der Waals surface area contributed by atoms with Crippen LogP contribution in [-0.2, 0) is 6.54 Å². The molecule has 0 aliphatic carbocycles. The molecule has 112 valence electrons. The summed E-state index contributed by atoms with van der Waals surface area (Å²) in [6, 6.07) is 17.6. The number of hydrogen-bond acceptors (Lipinski definition) is 2. The molecule has 0 spiro atoms. The Kier molecular flexibility index (Phi) is 5.83. The SMILES string of the molecule is CCN(Cc1ccccc1)c1ccc(C(C)NC)c(Br)c1. The van der Waals surface area contributed by atoms with E-state index in [1.54, 1.807) is 0 Å². The predicted molar refractivity (Wildman–Crippen MR) is 94.8 cm³/mol. The highest BCUT2D eigenvalue weighted by Crippen LogP contribution is 2.28. The second-order valence-corrected chi connectivity index (χ2v) is 6.07. The molecule has 2 aromatic rings. The highest BCUT2D eigenvalue weighted by atomic mass is 79.9. The average molecular weight is 347 g/mol. The summed E-state index contributed by atoms with van der Waals surface area (Å²) < 4.78 is 1.16. The van der Waals surface area contributed by atoms with Crippen molar-refractivity contribution >= 4 is 21.6 Å². The second kappa shape index (κ2) is 7.62. The summed E-state index contributed by atoms with van der Waals surface area (Å²) in [6.07, 6.45) is 0. The van der Waals surface area contributed by atoms with Crippen LogP contribution >= 0.6 is 15.9 Å². The third kappa shape index (κ3) is 4.08. The van der Waals surface area contributed by atoms with Gasteiger partial charge in [0.25, 0.3) is 0 Å². The molecule has 0 aliphatic rings. The van der Waals surface area contributed by atoms with Gasteiger partial charge in [0.15, 0.2) is 0 Å². The molecule has 0 aliphatic heterocycles. The van der Waals surface area contributed by atoms with Gasteiger partial charge in [-0.1, -0.05) is 52.3 Å². The normalized spacial score (nSPS) is 12.2. The Bertz CT molecular complexity index is 569. The Labute approximate surface area is 136 Å². The van der Waals surface area contributed by atoms with Gasteiger partial charge in [-0.05, 0) is 44.2 Å². The molecule has 0 heterocycles. The van der Waals surface area contributed by atoms with Crippen molar-refractivity contribution in [2.24, 2.45) is 0 Å². The number of anilines is 1. The van der Waals surface area contributed by atoms with Crippen molar-refractivity contribution in [2.75, 3.05) is 18.5 Å². The molecule has 0 fully saturated rings. The highest BCUT2D eigenvalue weighted by Gasteiger charge is 2.11. The van der Waals surface area contributed by atoms with Gasteiger partial charge in [0.2, 0.25) is 0 Å². The fraction of sp³-hybridized carbons (Fsp3) is 0.333. The number of nitrogens with one attached hydrogen (secondary N) is 1. The van der Waals surface area contributed by atoms with E-state index in [0.717, 1.165) is 17.6 Å². The molecule has 0 radical (unpaired) electrons. The third-order valence-electron chi connectivity index (χ3n) is 3.85. The van der Waals surface area contributed by atoms with Crippen LogP contribution in [0.25, 0.3) is 0 Å². The minimum Gasteiger partial charge on any atom is -0.367 e. The van der Waals surface area contributed by atoms with Gasteiger partial charge in [-0.15, -0.1) is 0 Å². The molecule has 1 N–H and O–H groups in total. The van der Waals surface area contributed by atoms with E-state index in [1.807, 2.05) is 7.05 Å². The molecule has 0 saturated carbocycles. The van der Waals surface area contributed by atoms with E-state index < -0.39 is 0 Å². The molecule has 0 bridgehead atoms. The van der Waals surface area contributed by atoms with Crippen molar-refractivity contribution in [3.8, 4) is 0 Å². The molecule has 0 amide bonds. The lowest BCUT2D eigenvalue weighted by Gasteiger charge is -2.24. The van der Waals surface area contributed by atoms with E-state index in [9.17, 15) is 0 Å². The highest BCUT2D eigenvalue weighted by molar-refractivity contribution is 9.10. The Balaban J connectivity index is 2.21. The lowest BCUT2D eigenvalue weighted by atomic mass is 10.1. The van der Waals surface area contributed by atoms with E-state index in [1.165, 1.54) is 16.8 Å². The van der Waals surface area contributed by atoms with Gasteiger partial charge in [0, 0.05) is 29.3 Å². The number of benzene rings is 2. The Morgan fingerprint density at radius 2 is 1.86 bits per heavy atom. The van der Waals surface area contributed by atoms with Crippen LogP contribution in [-0.4, -0.2) is 13.6 Å². The van der Waals surface area contributed by atoms with Gasteiger partial charge < -0.3 is 10.2 Å². The van der Waals surface area contributed by atoms with E-state index in [2.05, 4.69) is 88.5 Å². The summed E-state index contributed by atoms with van der Waals surface area (Å²) in [5, 5.41) is 3.28. The Morgan fingerprint density at radius 1 is 1.14 bits per heavy atom. The fourth-order valence-corrected chi connectivity index (χ4v) is 3.12. The molecular weight excluding hydrogens is 324 g/mol. The van der Waals surface area contributed by atoms with Crippen molar-refractivity contribution in [1.82, 2.24) is 5.32 Å². The Hall–Kier alpha value is -1.32. The molecular formula is C18H23BrN2. The molecule has 0 saturated heterocycles. The van der Waals surface area contributed by atoms with Crippen LogP contribution < -0.4 is 10.2 Å². The van der Waals surface area contributed by atoms with Gasteiger partial charge >= 0.3 is 0 Å². The van der Waals surface area contributed by atoms with Crippen molar-refractivity contribution in [3.63, 3.8) is 0 Å². The average Bonchev–Trinajstić information content (AvgIpc) is 2.52. The standard InChI is InChI=1S/C18H23BrN2/c1-4-21(13-15-8-6-5-7-9-15)16-10-11-17(14(2)20-3)18(19)12-16/h5-12,14,20H,4,13H2,1-3H3. The van der Waals surface area contributed by atoms with E-state index in [-0.39, 0.29) is 0 Å². The van der Waals surface area contributed by atoms with E-state index in [4.69, 9.17) is 0 Å². The maximum absolute atomic E-state index is 3.70. The monoisotopic (exact) mass is 346 g/mol. The number of rotatable bonds is 6. The minimum absolute atomic E-state index is 0.345. The molecule has 1 atom stereocenters. The van der Waals surface area contributed by atoms with Gasteiger partial charge in [0.1, 0.15) is 0 Å². The first kappa shape index (κ1) is 16.1. The molecule has 2 rings (SSSR count). The number of hydrogen-bond donors (Lipinski definition) is 1. The van der Waals surface area contributed by atoms with Crippen LogP contribution in [0, 0.1) is 0 Å². The van der Waals surface area contributed by atoms with Crippen LogP contribution in [0.15, 0.2) is 53.0 Å². The zero-order valence-electron chi connectivity index (χ0n) is 12.9. The van der Waals surface area contributed by atoms with Gasteiger partial charge in [0.05, 0.1) is 0 Å². The van der Waals surface area contributed by atoms with E-state index in [0.29, 0.717) is 6.04 Å². The second-order valence-electron chi connectivity index (χ2n) is 5.22. The van der Waals surface area contributed by atoms with Crippen molar-refractivity contribution in [3.05, 3.63) is 64.1 Å². The first-order valence-corrected chi connectivity index (χ1v) is 8.20. The lowest BCUT2D eigenvalue weighted by Crippen LogP contribution is -2.22. The molecule has 2 aromatic carbocycles. The van der Waals surface area contributed by atoms with Crippen LogP contribution in [0.5, 0.6) is 0 Å². The number of halogens is 1. The predicted octanol–water partition coefficient (Wildman–Crippen LogP) is 4.76. The number of nitrogens with zero attached hydrogens (tertiary/aromatic N) is 1. The van der Waals surface area contributed by atoms with Crippen molar-refractivity contribution < 1.29 is 0 Å². The summed E-state index contributed by atoms with van der Waals surface area (Å²) >= 11 is 3.70. The molecule has 2 nitrogen and oxygen atoms in total. The summed E-state index contributed by atoms with van der Waals surface area (Å²) in [7, 11) is 1.98. The molecule has 0 aromatic heterocycles. The topological polar surface area (TPSA) is 15.3 Å². The van der Waals surface area contributed by atoms with Gasteiger partial charge in [-0.25, -0.2) is 0 Å². The van der Waals surface area contributed by atoms with Crippen molar-refractivity contribution in [2.45, 2.75) is 26.4 Å². The quantitative estimate of drug-likeness (QED) is 0.811. The van der Waals surface area contributed by atoms with Gasteiger partial charge in [-0.2, -0.15) is 0 Å². The zero-order valence-corrected chi connectivity index (χ0v) is 14.5. The lowest BCUT2D eigenvalue weighted by molar-refractivity contribution is 0.649. The molecule has 21 heavy (non-hydrogen) atoms. The zero-order chi connectivity index (χ0) is 15.2. The maximum atomic E-state index is 3.70. The molecule has 3 heteroatoms. The van der Waals surface area contributed by atoms with Crippen LogP contribution in [0.2, 0.25) is 0 Å². The summed E-state index contributed by atoms with van der Waals surface area (Å²) in [4.78, 5) is 2.38. The molecule has 1 unspecified atom stereocenters. The van der Waals surface area contributed by atoms with Crippen molar-refractivity contribution in [1.29, 1.82) is 0 Å². The summed E-state index contributed by atoms with van der Waals surface area (Å²) in [6.45, 7) is 6.29. The van der Waals surface area contributed by atoms with Gasteiger partial charge in [-0.3, -0.25) is 0 Å². The van der Waals surface area contributed by atoms with Crippen LogP contribution in [0.3, 0.4) is 0 Å². The minimum atomic E-state index is 0.345. The Morgan fingerprint density at radius 3 is 2.43 bits per heavy atom. The summed E-state index contributed by atoms with van der Waals surface area (Å²) in [5.74, 6) is 0. The third-order valence-corrected chi connectivity index (χ3v) is 4.53. The first-order valence-electron chi connectivity index (χ1n) is 7.41. The first-order chi connectivity index (χ1) is 10.2. The summed E-state index contributed by atoms with van der Waals surface area (Å²) in [5.41, 5.74) is 3.88. The largest absolute Gasteiger partial charge is 0.367 e. The maximum Gasteiger partial charge on any atom is 0.0429 e. The van der Waals surface area contributed by atoms with E-state index >= 15 is 0 Å².